The predicted molar refractivity (Wildman–Crippen MR) is 74.2 cm³/mol. The highest BCUT2D eigenvalue weighted by molar-refractivity contribution is 6.48. The standard InChI is InChI=1S/C14H5Cl3/c15-11-7-12(16)14(17)10-6-5-8-3-1-2-4-9(8)13(10)11/h2-6H. The molecule has 0 fully saturated rings. The van der Waals surface area contributed by atoms with Gasteiger partial charge in [-0.3, -0.25) is 0 Å². The van der Waals surface area contributed by atoms with Crippen LogP contribution in [0.1, 0.15) is 0 Å². The molecule has 82 valence electrons. The first-order valence-corrected chi connectivity index (χ1v) is 6.10. The highest BCUT2D eigenvalue weighted by Crippen LogP contribution is 2.38. The molecule has 3 rings (SSSR count). The number of benzene rings is 3. The lowest BCUT2D eigenvalue weighted by Gasteiger charge is -2.08. The van der Waals surface area contributed by atoms with E-state index in [0.29, 0.717) is 15.1 Å². The van der Waals surface area contributed by atoms with E-state index in [9.17, 15) is 0 Å². The van der Waals surface area contributed by atoms with Gasteiger partial charge >= 0.3 is 0 Å². The van der Waals surface area contributed by atoms with E-state index >= 15 is 0 Å². The summed E-state index contributed by atoms with van der Waals surface area (Å²) in [7, 11) is 0. The largest absolute Gasteiger partial charge is 0.0829 e. The van der Waals surface area contributed by atoms with Crippen LogP contribution < -0.4 is 0 Å². The number of fused-ring (bicyclic) bond motifs is 3. The topological polar surface area (TPSA) is 0 Å². The molecule has 0 aliphatic heterocycles. The van der Waals surface area contributed by atoms with E-state index in [1.807, 2.05) is 30.3 Å². The fraction of sp³-hybridized carbons (Fsp3) is 0. The molecule has 0 N–H and O–H groups in total. The Balaban J connectivity index is 2.63. The van der Waals surface area contributed by atoms with Gasteiger partial charge in [0.2, 0.25) is 0 Å². The van der Waals surface area contributed by atoms with Crippen molar-refractivity contribution in [3.63, 3.8) is 0 Å². The Morgan fingerprint density at radius 3 is 2.53 bits per heavy atom. The van der Waals surface area contributed by atoms with Gasteiger partial charge in [0, 0.05) is 16.8 Å². The van der Waals surface area contributed by atoms with Gasteiger partial charge in [0.05, 0.1) is 15.1 Å². The minimum Gasteiger partial charge on any atom is -0.0829 e. The summed E-state index contributed by atoms with van der Waals surface area (Å²) >= 11 is 18.3. The second kappa shape index (κ2) is 4.06. The zero-order valence-electron chi connectivity index (χ0n) is 8.52. The summed E-state index contributed by atoms with van der Waals surface area (Å²) < 4.78 is 0. The monoisotopic (exact) mass is 278 g/mol. The fourth-order valence-corrected chi connectivity index (χ4v) is 2.71. The van der Waals surface area contributed by atoms with Gasteiger partial charge in [-0.05, 0) is 22.9 Å². The summed E-state index contributed by atoms with van der Waals surface area (Å²) in [6.07, 6.45) is 0. The third kappa shape index (κ3) is 1.68. The molecule has 3 aromatic rings. The first-order valence-electron chi connectivity index (χ1n) is 4.97. The van der Waals surface area contributed by atoms with Crippen molar-refractivity contribution < 1.29 is 0 Å². The molecule has 0 amide bonds. The summed E-state index contributed by atoms with van der Waals surface area (Å²) in [6, 6.07) is 15.5. The second-order valence-corrected chi connectivity index (χ2v) is 4.84. The van der Waals surface area contributed by atoms with Crippen LogP contribution in [0.25, 0.3) is 21.5 Å². The van der Waals surface area contributed by atoms with Gasteiger partial charge < -0.3 is 0 Å². The van der Waals surface area contributed by atoms with Gasteiger partial charge in [-0.1, -0.05) is 59.1 Å². The molecule has 2 radical (unpaired) electrons. The molecule has 0 aliphatic rings. The van der Waals surface area contributed by atoms with E-state index in [4.69, 9.17) is 34.8 Å². The van der Waals surface area contributed by atoms with Crippen molar-refractivity contribution in [1.82, 2.24) is 0 Å². The van der Waals surface area contributed by atoms with Crippen LogP contribution in [0, 0.1) is 12.1 Å². The quantitative estimate of drug-likeness (QED) is 0.374. The summed E-state index contributed by atoms with van der Waals surface area (Å²) in [4.78, 5) is 0. The Morgan fingerprint density at radius 2 is 1.71 bits per heavy atom. The predicted octanol–water partition coefficient (Wildman–Crippen LogP) is 5.55. The zero-order chi connectivity index (χ0) is 12.0. The van der Waals surface area contributed by atoms with Crippen LogP contribution in [0.15, 0.2) is 30.3 Å². The van der Waals surface area contributed by atoms with Crippen LogP contribution >= 0.6 is 34.8 Å². The lowest BCUT2D eigenvalue weighted by molar-refractivity contribution is 1.74. The summed E-state index contributed by atoms with van der Waals surface area (Å²) in [5.74, 6) is 0. The number of hydrogen-bond acceptors (Lipinski definition) is 0. The highest BCUT2D eigenvalue weighted by atomic mass is 35.5. The Kier molecular flexibility index (Phi) is 2.67. The summed E-state index contributed by atoms with van der Waals surface area (Å²) in [5, 5.41) is 5.15. The lowest BCUT2D eigenvalue weighted by atomic mass is 10.0. The Bertz CT molecular complexity index is 732. The average Bonchev–Trinajstić information content (AvgIpc) is 2.35. The number of hydrogen-bond donors (Lipinski definition) is 0. The van der Waals surface area contributed by atoms with Crippen LogP contribution in [-0.2, 0) is 0 Å². The van der Waals surface area contributed by atoms with Crippen molar-refractivity contribution in [2.75, 3.05) is 0 Å². The third-order valence-electron chi connectivity index (χ3n) is 2.73. The first kappa shape index (κ1) is 11.2. The number of rotatable bonds is 0. The molecule has 0 spiro atoms. The van der Waals surface area contributed by atoms with E-state index in [0.717, 1.165) is 21.5 Å². The molecule has 0 nitrogen and oxygen atoms in total. The minimum atomic E-state index is 0.353. The minimum absolute atomic E-state index is 0.353. The van der Waals surface area contributed by atoms with E-state index in [1.54, 1.807) is 0 Å². The summed E-state index contributed by atoms with van der Waals surface area (Å²) in [5.41, 5.74) is 0. The van der Waals surface area contributed by atoms with E-state index in [2.05, 4.69) is 12.1 Å². The fourth-order valence-electron chi connectivity index (χ4n) is 1.96. The third-order valence-corrected chi connectivity index (χ3v) is 3.79. The Morgan fingerprint density at radius 1 is 0.882 bits per heavy atom. The van der Waals surface area contributed by atoms with E-state index in [-0.39, 0.29) is 0 Å². The Hall–Kier alpha value is -0.950. The maximum atomic E-state index is 6.20. The van der Waals surface area contributed by atoms with Crippen LogP contribution in [0.5, 0.6) is 0 Å². The van der Waals surface area contributed by atoms with Gasteiger partial charge in [0.1, 0.15) is 0 Å². The zero-order valence-corrected chi connectivity index (χ0v) is 10.8. The van der Waals surface area contributed by atoms with Gasteiger partial charge in [0.25, 0.3) is 0 Å². The molecule has 0 saturated heterocycles. The molecule has 0 heterocycles. The molecule has 0 saturated carbocycles. The molecule has 0 aromatic heterocycles. The molecule has 0 atom stereocenters. The van der Waals surface area contributed by atoms with Crippen LogP contribution in [-0.4, -0.2) is 0 Å². The van der Waals surface area contributed by atoms with Crippen molar-refractivity contribution in [3.8, 4) is 0 Å². The maximum Gasteiger partial charge on any atom is 0.0693 e. The van der Waals surface area contributed by atoms with Crippen molar-refractivity contribution in [3.05, 3.63) is 57.5 Å². The smallest absolute Gasteiger partial charge is 0.0693 e. The van der Waals surface area contributed by atoms with Crippen molar-refractivity contribution in [1.29, 1.82) is 0 Å². The van der Waals surface area contributed by atoms with Gasteiger partial charge in [-0.2, -0.15) is 0 Å². The van der Waals surface area contributed by atoms with Gasteiger partial charge in [0.15, 0.2) is 0 Å². The highest BCUT2D eigenvalue weighted by Gasteiger charge is 2.11. The molecule has 0 bridgehead atoms. The van der Waals surface area contributed by atoms with Crippen LogP contribution in [0.3, 0.4) is 0 Å². The Labute approximate surface area is 114 Å². The second-order valence-electron chi connectivity index (χ2n) is 3.70. The normalized spacial score (nSPS) is 11.2. The molecule has 3 aromatic carbocycles. The van der Waals surface area contributed by atoms with Crippen LogP contribution in [0.4, 0.5) is 0 Å². The molecule has 0 aliphatic carbocycles. The molecular weight excluding hydrogens is 275 g/mol. The van der Waals surface area contributed by atoms with Crippen molar-refractivity contribution in [2.45, 2.75) is 0 Å². The number of halogens is 3. The van der Waals surface area contributed by atoms with Crippen molar-refractivity contribution in [2.24, 2.45) is 0 Å². The van der Waals surface area contributed by atoms with Gasteiger partial charge in [-0.15, -0.1) is 0 Å². The molecule has 0 unspecified atom stereocenters. The molecule has 3 heteroatoms. The maximum absolute atomic E-state index is 6.20. The van der Waals surface area contributed by atoms with Gasteiger partial charge in [-0.25, -0.2) is 0 Å². The average molecular weight is 280 g/mol. The van der Waals surface area contributed by atoms with E-state index < -0.39 is 0 Å². The SMILES string of the molecule is Clc1[c]c(Cl)c2c(ccc3c[c]ccc32)c1Cl. The van der Waals surface area contributed by atoms with Crippen molar-refractivity contribution >= 4 is 56.3 Å². The molecule has 17 heavy (non-hydrogen) atoms. The first-order chi connectivity index (χ1) is 8.18. The lowest BCUT2D eigenvalue weighted by Crippen LogP contribution is -1.82. The molecular formula is C14H5Cl3. The van der Waals surface area contributed by atoms with E-state index in [1.165, 1.54) is 0 Å². The van der Waals surface area contributed by atoms with Crippen LogP contribution in [0.2, 0.25) is 15.1 Å². The summed E-state index contributed by atoms with van der Waals surface area (Å²) in [6.45, 7) is 0.